The lowest BCUT2D eigenvalue weighted by molar-refractivity contribution is -0.265. The van der Waals surface area contributed by atoms with Gasteiger partial charge in [0.2, 0.25) is 5.79 Å². The predicted molar refractivity (Wildman–Crippen MR) is 239 cm³/mol. The van der Waals surface area contributed by atoms with Gasteiger partial charge in [-0.05, 0) is 113 Å². The molecular weight excluding hydrogens is 807 g/mol. The first kappa shape index (κ1) is 52.3. The number of cyclic esters (lactones) is 1. The third kappa shape index (κ3) is 14.1. The third-order valence-electron chi connectivity index (χ3n) is 14.2. The molecule has 2 saturated heterocycles. The quantitative estimate of drug-likeness (QED) is 0.140. The predicted octanol–water partition coefficient (Wildman–Crippen LogP) is 6.15. The number of hydrogen-bond acceptors (Lipinski definition) is 12. The number of piperidine rings is 1. The average molecular weight is 884 g/mol. The number of Topliss-reactive ketones (excluding diaryl/α,β-unsaturated/α-hetero) is 3. The molecule has 1 aliphatic carbocycles. The minimum Gasteiger partial charge on any atom is -0.460 e. The van der Waals surface area contributed by atoms with Gasteiger partial charge in [-0.15, -0.1) is 0 Å². The molecule has 0 spiro atoms. The highest BCUT2D eigenvalue weighted by Crippen LogP contribution is 2.37. The summed E-state index contributed by atoms with van der Waals surface area (Å²) in [7, 11) is 1.57. The number of aliphatic hydroxyl groups is 4. The monoisotopic (exact) mass is 884 g/mol. The Hall–Kier alpha value is -3.33. The molecule has 0 aromatic heterocycles. The van der Waals surface area contributed by atoms with Gasteiger partial charge < -0.3 is 39.5 Å². The Morgan fingerprint density at radius 2 is 1.59 bits per heavy atom. The number of nitrogens with zero attached hydrogens (tertiary/aromatic N) is 1. The van der Waals surface area contributed by atoms with Crippen LogP contribution >= 0.6 is 0 Å². The van der Waals surface area contributed by atoms with Crippen LogP contribution in [0.2, 0.25) is 0 Å². The second-order valence-corrected chi connectivity index (χ2v) is 19.4. The van der Waals surface area contributed by atoms with Gasteiger partial charge in [-0.25, -0.2) is 4.79 Å². The zero-order valence-electron chi connectivity index (χ0n) is 39.1. The van der Waals surface area contributed by atoms with Crippen LogP contribution in [0.5, 0.6) is 0 Å². The summed E-state index contributed by atoms with van der Waals surface area (Å²) in [6.07, 6.45) is 14.0. The molecule has 12 atom stereocenters. The first-order valence-electron chi connectivity index (χ1n) is 23.5. The van der Waals surface area contributed by atoms with Crippen LogP contribution in [-0.2, 0) is 38.2 Å². The van der Waals surface area contributed by atoms with Gasteiger partial charge in [-0.1, -0.05) is 71.1 Å². The molecule has 1 amide bonds. The van der Waals surface area contributed by atoms with Crippen molar-refractivity contribution >= 4 is 29.2 Å². The summed E-state index contributed by atoms with van der Waals surface area (Å²) in [5, 5.41) is 43.7. The van der Waals surface area contributed by atoms with Crippen molar-refractivity contribution in [2.45, 2.75) is 174 Å². The highest BCUT2D eigenvalue weighted by atomic mass is 16.6. The molecule has 63 heavy (non-hydrogen) atoms. The third-order valence-corrected chi connectivity index (χ3v) is 14.2. The molecule has 13 heteroatoms. The molecule has 13 nitrogen and oxygen atoms in total. The van der Waals surface area contributed by atoms with E-state index in [4.69, 9.17) is 14.2 Å². The van der Waals surface area contributed by atoms with Crippen LogP contribution in [0.25, 0.3) is 0 Å². The van der Waals surface area contributed by atoms with E-state index in [9.17, 15) is 44.4 Å². The van der Waals surface area contributed by atoms with Crippen molar-refractivity contribution in [2.24, 2.45) is 41.4 Å². The number of methoxy groups -OCH3 is 1. The van der Waals surface area contributed by atoms with Gasteiger partial charge in [0.05, 0.1) is 36.9 Å². The van der Waals surface area contributed by atoms with Gasteiger partial charge >= 0.3 is 5.97 Å². The molecule has 0 aromatic rings. The zero-order valence-corrected chi connectivity index (χ0v) is 39.1. The van der Waals surface area contributed by atoms with Crippen LogP contribution in [0.15, 0.2) is 47.6 Å². The van der Waals surface area contributed by atoms with E-state index in [2.05, 4.69) is 0 Å². The van der Waals surface area contributed by atoms with E-state index in [0.29, 0.717) is 63.4 Å². The van der Waals surface area contributed by atoms with Crippen molar-refractivity contribution < 1.29 is 58.6 Å². The second kappa shape index (κ2) is 24.3. The maximum Gasteiger partial charge on any atom is 0.329 e. The Balaban J connectivity index is 1.69. The fourth-order valence-corrected chi connectivity index (χ4v) is 9.94. The van der Waals surface area contributed by atoms with Crippen LogP contribution in [0.1, 0.15) is 132 Å². The average Bonchev–Trinajstić information content (AvgIpc) is 3.26. The number of rotatable bonds is 5. The smallest absolute Gasteiger partial charge is 0.329 e. The second-order valence-electron chi connectivity index (χ2n) is 19.4. The molecule has 3 aliphatic heterocycles. The van der Waals surface area contributed by atoms with Crippen LogP contribution < -0.4 is 0 Å². The van der Waals surface area contributed by atoms with Gasteiger partial charge in [0, 0.05) is 44.2 Å². The SMILES string of the molecule is CO[C@H]1C[C@@H]2CC[C@@H](C)[C@@](O)(O2)C(=O)C(=O)N2CCCC[C@H]2C(=O)O[C@H]([C@H](C)CC2CCC(O)CC2)CC(=O)[C@H](C)/C=C(\C)[C@@H](O)[C@@H](CO)C(=O)[C@H](C)C[C@H](C)/C=C/C=C/C=C/1C. The van der Waals surface area contributed by atoms with Gasteiger partial charge in [0.25, 0.3) is 11.7 Å². The molecule has 0 unspecified atom stereocenters. The normalized spacial score (nSPS) is 40.1. The molecule has 1 saturated carbocycles. The summed E-state index contributed by atoms with van der Waals surface area (Å²) in [6.45, 7) is 12.1. The summed E-state index contributed by atoms with van der Waals surface area (Å²) >= 11 is 0. The number of ether oxygens (including phenoxy) is 3. The van der Waals surface area contributed by atoms with Crippen molar-refractivity contribution in [3.8, 4) is 0 Å². The van der Waals surface area contributed by atoms with Crippen molar-refractivity contribution in [3.05, 3.63) is 47.6 Å². The number of ketones is 3. The molecule has 2 bridgehead atoms. The minimum atomic E-state index is -2.42. The molecule has 4 N–H and O–H groups in total. The first-order chi connectivity index (χ1) is 29.8. The van der Waals surface area contributed by atoms with Crippen molar-refractivity contribution in [2.75, 3.05) is 20.3 Å². The van der Waals surface area contributed by atoms with Gasteiger partial charge in [0.15, 0.2) is 0 Å². The number of esters is 1. The Morgan fingerprint density at radius 1 is 0.889 bits per heavy atom. The summed E-state index contributed by atoms with van der Waals surface area (Å²) in [5.74, 6) is -8.88. The summed E-state index contributed by atoms with van der Waals surface area (Å²) in [4.78, 5) is 71.4. The highest BCUT2D eigenvalue weighted by Gasteiger charge is 2.53. The van der Waals surface area contributed by atoms with E-state index >= 15 is 0 Å². The number of carbonyl (C=O) groups excluding carboxylic acids is 5. The van der Waals surface area contributed by atoms with E-state index in [0.717, 1.165) is 18.4 Å². The van der Waals surface area contributed by atoms with Gasteiger partial charge in [0.1, 0.15) is 23.7 Å². The number of carbonyl (C=O) groups is 5. The van der Waals surface area contributed by atoms with E-state index in [1.165, 1.54) is 4.90 Å². The van der Waals surface area contributed by atoms with Crippen molar-refractivity contribution in [1.29, 1.82) is 0 Å². The minimum absolute atomic E-state index is 0.00119. The van der Waals surface area contributed by atoms with E-state index in [-0.39, 0.29) is 54.8 Å². The maximum atomic E-state index is 14.3. The molecule has 3 heterocycles. The molecule has 354 valence electrons. The first-order valence-corrected chi connectivity index (χ1v) is 23.5. The van der Waals surface area contributed by atoms with E-state index in [1.807, 2.05) is 51.2 Å². The summed E-state index contributed by atoms with van der Waals surface area (Å²) in [6, 6.07) is -1.12. The maximum absolute atomic E-state index is 14.3. The highest BCUT2D eigenvalue weighted by molar-refractivity contribution is 6.39. The van der Waals surface area contributed by atoms with E-state index in [1.54, 1.807) is 40.9 Å². The molecule has 4 rings (SSSR count). The number of amides is 1. The van der Waals surface area contributed by atoms with Crippen LogP contribution in [0.4, 0.5) is 0 Å². The summed E-state index contributed by atoms with van der Waals surface area (Å²) < 4.78 is 18.2. The molecule has 3 fully saturated rings. The molecule has 0 radical (unpaired) electrons. The van der Waals surface area contributed by atoms with Crippen LogP contribution in [0, 0.1) is 41.4 Å². The number of aliphatic hydroxyl groups excluding tert-OH is 3. The zero-order chi connectivity index (χ0) is 46.6. The Morgan fingerprint density at radius 3 is 2.25 bits per heavy atom. The number of fused-ring (bicyclic) bond motifs is 3. The van der Waals surface area contributed by atoms with Crippen molar-refractivity contribution in [1.82, 2.24) is 4.90 Å². The Labute approximate surface area is 375 Å². The fourth-order valence-electron chi connectivity index (χ4n) is 9.94. The number of allylic oxidation sites excluding steroid dienone is 6. The van der Waals surface area contributed by atoms with Crippen LogP contribution in [0.3, 0.4) is 0 Å². The standard InChI is InChI=1S/C50H77NO12/c1-30-14-10-9-11-15-31(2)43(61-8)27-39-22-17-36(7)50(60,63-39)47(57)48(58)51-23-13-12-16-41(51)49(59)62-44(33(4)26-37-18-20-38(53)21-19-37)28-42(54)32(3)25-35(6)46(56)40(29-52)45(55)34(5)24-30/h9-11,14-15,25,30,32-34,36-41,43-44,46,52-53,56,60H,12-13,16-24,26-29H2,1-8H3/b11-9+,14-10+,31-15+,35-25+/t30-,32-,33-,34-,36-,37?,38?,39+,40+,41+,43+,44+,46-,50-/m1/s1. The van der Waals surface area contributed by atoms with Gasteiger partial charge in [-0.3, -0.25) is 19.2 Å². The lowest BCUT2D eigenvalue weighted by Gasteiger charge is -2.42. The van der Waals surface area contributed by atoms with Gasteiger partial charge in [-0.2, -0.15) is 0 Å². The molecule has 4 aliphatic rings. The number of hydrogen-bond donors (Lipinski definition) is 4. The fraction of sp³-hybridized carbons (Fsp3) is 0.740. The lowest BCUT2D eigenvalue weighted by atomic mass is 9.79. The molecule has 0 aromatic carbocycles. The van der Waals surface area contributed by atoms with Crippen LogP contribution in [-0.4, -0.2) is 117 Å². The molecular formula is C50H77NO12. The Kier molecular flexibility index (Phi) is 20.1. The van der Waals surface area contributed by atoms with Crippen molar-refractivity contribution in [3.63, 3.8) is 0 Å². The van der Waals surface area contributed by atoms with E-state index < -0.39 is 84.2 Å². The lowest BCUT2D eigenvalue weighted by Crippen LogP contribution is -2.61. The topological polar surface area (TPSA) is 197 Å². The summed E-state index contributed by atoms with van der Waals surface area (Å²) in [5.41, 5.74) is 1.24. The Bertz CT molecular complexity index is 1690. The largest absolute Gasteiger partial charge is 0.460 e.